The van der Waals surface area contributed by atoms with Gasteiger partial charge in [-0.05, 0) is 29.8 Å². The molecule has 2 aromatic carbocycles. The van der Waals surface area contributed by atoms with Crippen molar-refractivity contribution < 1.29 is 4.39 Å². The van der Waals surface area contributed by atoms with E-state index in [0.29, 0.717) is 6.42 Å². The molecule has 0 saturated carbocycles. The number of halogens is 2. The minimum Gasteiger partial charge on any atom is -0.378 e. The minimum atomic E-state index is -0.118. The zero-order chi connectivity index (χ0) is 11.8. The molecule has 86 valence electrons. The highest BCUT2D eigenvalue weighted by molar-refractivity contribution is 9.10. The quantitative estimate of drug-likeness (QED) is 0.826. The van der Waals surface area contributed by atoms with Crippen LogP contribution in [0, 0.1) is 5.82 Å². The average molecular weight is 292 g/mol. The second-order valence-electron chi connectivity index (χ2n) is 4.22. The molecule has 1 atom stereocenters. The molecular weight excluding hydrogens is 281 g/mol. The van der Waals surface area contributed by atoms with Gasteiger partial charge in [-0.25, -0.2) is 4.39 Å². The van der Waals surface area contributed by atoms with Crippen LogP contribution in [0.3, 0.4) is 0 Å². The maximum Gasteiger partial charge on any atom is 0.128 e. The lowest BCUT2D eigenvalue weighted by atomic mass is 10.0. The highest BCUT2D eigenvalue weighted by Crippen LogP contribution is 2.35. The first-order chi connectivity index (χ1) is 8.24. The predicted octanol–water partition coefficient (Wildman–Crippen LogP) is 4.30. The molecule has 1 unspecified atom stereocenters. The molecule has 0 saturated heterocycles. The van der Waals surface area contributed by atoms with Crippen LogP contribution in [0.4, 0.5) is 10.1 Å². The molecule has 1 aliphatic rings. The maximum atomic E-state index is 13.6. The number of hydrogen-bond donors (Lipinski definition) is 1. The Labute approximate surface area is 108 Å². The summed E-state index contributed by atoms with van der Waals surface area (Å²) in [5.74, 6) is -0.118. The van der Waals surface area contributed by atoms with Gasteiger partial charge in [0.15, 0.2) is 0 Å². The van der Waals surface area contributed by atoms with Crippen LogP contribution < -0.4 is 5.32 Å². The van der Waals surface area contributed by atoms with Crippen LogP contribution in [0.5, 0.6) is 0 Å². The molecule has 3 heteroatoms. The third-order valence-electron chi connectivity index (χ3n) is 3.11. The predicted molar refractivity (Wildman–Crippen MR) is 70.6 cm³/mol. The van der Waals surface area contributed by atoms with Crippen molar-refractivity contribution in [1.82, 2.24) is 0 Å². The summed E-state index contributed by atoms with van der Waals surface area (Å²) in [7, 11) is 0. The molecule has 1 heterocycles. The molecule has 0 fully saturated rings. The fourth-order valence-corrected chi connectivity index (χ4v) is 2.69. The Morgan fingerprint density at radius 2 is 2.00 bits per heavy atom. The summed E-state index contributed by atoms with van der Waals surface area (Å²) < 4.78 is 14.7. The molecule has 1 nitrogen and oxygen atoms in total. The third-order valence-corrected chi connectivity index (χ3v) is 3.60. The van der Waals surface area contributed by atoms with E-state index < -0.39 is 0 Å². The van der Waals surface area contributed by atoms with Crippen molar-refractivity contribution in [2.24, 2.45) is 0 Å². The standard InChI is InChI=1S/C14H11BrFN/c15-10-4-1-3-9(7-10)14-8-11-12(16)5-2-6-13(11)17-14/h1-7,14,17H,8H2. The number of fused-ring (bicyclic) bond motifs is 1. The minimum absolute atomic E-state index is 0.118. The molecule has 1 N–H and O–H groups in total. The first-order valence-corrected chi connectivity index (χ1v) is 6.33. The van der Waals surface area contributed by atoms with Crippen LogP contribution in [0.1, 0.15) is 17.2 Å². The van der Waals surface area contributed by atoms with Crippen molar-refractivity contribution in [1.29, 1.82) is 0 Å². The van der Waals surface area contributed by atoms with Gasteiger partial charge >= 0.3 is 0 Å². The van der Waals surface area contributed by atoms with Crippen LogP contribution in [-0.2, 0) is 6.42 Å². The first-order valence-electron chi connectivity index (χ1n) is 5.53. The summed E-state index contributed by atoms with van der Waals surface area (Å²) >= 11 is 3.46. The van der Waals surface area contributed by atoms with Gasteiger partial charge in [-0.2, -0.15) is 0 Å². The van der Waals surface area contributed by atoms with E-state index in [1.54, 1.807) is 6.07 Å². The van der Waals surface area contributed by atoms with Crippen LogP contribution in [-0.4, -0.2) is 0 Å². The summed E-state index contributed by atoms with van der Waals surface area (Å²) in [6.45, 7) is 0. The van der Waals surface area contributed by atoms with E-state index >= 15 is 0 Å². The van der Waals surface area contributed by atoms with Gasteiger partial charge in [0.2, 0.25) is 0 Å². The number of nitrogens with one attached hydrogen (secondary N) is 1. The molecule has 2 aromatic rings. The number of benzene rings is 2. The second-order valence-corrected chi connectivity index (χ2v) is 5.14. The van der Waals surface area contributed by atoms with Crippen molar-refractivity contribution in [3.05, 3.63) is 63.9 Å². The zero-order valence-electron chi connectivity index (χ0n) is 9.08. The Bertz CT molecular complexity index is 568. The summed E-state index contributed by atoms with van der Waals surface area (Å²) in [5.41, 5.74) is 2.88. The largest absolute Gasteiger partial charge is 0.378 e. The lowest BCUT2D eigenvalue weighted by molar-refractivity contribution is 0.610. The number of anilines is 1. The highest BCUT2D eigenvalue weighted by Gasteiger charge is 2.24. The lowest BCUT2D eigenvalue weighted by Gasteiger charge is -2.11. The first kappa shape index (κ1) is 10.8. The van der Waals surface area contributed by atoms with Gasteiger partial charge in [0.1, 0.15) is 5.82 Å². The third kappa shape index (κ3) is 1.95. The van der Waals surface area contributed by atoms with Crippen LogP contribution >= 0.6 is 15.9 Å². The van der Waals surface area contributed by atoms with Crippen LogP contribution in [0.2, 0.25) is 0 Å². The van der Waals surface area contributed by atoms with E-state index in [1.807, 2.05) is 18.2 Å². The summed E-state index contributed by atoms with van der Waals surface area (Å²) in [6.07, 6.45) is 0.707. The zero-order valence-corrected chi connectivity index (χ0v) is 10.7. The van der Waals surface area contributed by atoms with E-state index in [-0.39, 0.29) is 11.9 Å². The SMILES string of the molecule is Fc1cccc2c1CC(c1cccc(Br)c1)N2. The normalized spacial score (nSPS) is 17.6. The molecule has 0 amide bonds. The Morgan fingerprint density at radius 1 is 1.18 bits per heavy atom. The molecule has 17 heavy (non-hydrogen) atoms. The highest BCUT2D eigenvalue weighted by atomic mass is 79.9. The topological polar surface area (TPSA) is 12.0 Å². The summed E-state index contributed by atoms with van der Waals surface area (Å²) in [4.78, 5) is 0. The Balaban J connectivity index is 1.94. The Morgan fingerprint density at radius 3 is 2.76 bits per heavy atom. The van der Waals surface area contributed by atoms with Gasteiger partial charge < -0.3 is 5.32 Å². The smallest absolute Gasteiger partial charge is 0.128 e. The molecule has 0 spiro atoms. The van der Waals surface area contributed by atoms with Crippen molar-refractivity contribution in [2.75, 3.05) is 5.32 Å². The Kier molecular flexibility index (Phi) is 2.63. The lowest BCUT2D eigenvalue weighted by Crippen LogP contribution is -2.05. The fourth-order valence-electron chi connectivity index (χ4n) is 2.27. The molecular formula is C14H11BrFN. The maximum absolute atomic E-state index is 13.6. The van der Waals surface area contributed by atoms with Crippen LogP contribution in [0.25, 0.3) is 0 Å². The van der Waals surface area contributed by atoms with E-state index in [1.165, 1.54) is 11.6 Å². The van der Waals surface area contributed by atoms with Gasteiger partial charge in [-0.3, -0.25) is 0 Å². The van der Waals surface area contributed by atoms with Crippen LogP contribution in [0.15, 0.2) is 46.9 Å². The van der Waals surface area contributed by atoms with Gasteiger partial charge in [0.05, 0.1) is 6.04 Å². The molecule has 0 aromatic heterocycles. The van der Waals surface area contributed by atoms with Crippen molar-refractivity contribution in [2.45, 2.75) is 12.5 Å². The van der Waals surface area contributed by atoms with Gasteiger partial charge in [-0.1, -0.05) is 34.1 Å². The summed E-state index contributed by atoms with van der Waals surface area (Å²) in [6, 6.07) is 13.5. The van der Waals surface area contributed by atoms with E-state index in [9.17, 15) is 4.39 Å². The molecule has 0 bridgehead atoms. The number of hydrogen-bond acceptors (Lipinski definition) is 1. The van der Waals surface area contributed by atoms with Gasteiger partial charge in [0.25, 0.3) is 0 Å². The van der Waals surface area contributed by atoms with Crippen molar-refractivity contribution in [3.8, 4) is 0 Å². The van der Waals surface area contributed by atoms with Gasteiger partial charge in [0, 0.05) is 22.1 Å². The fraction of sp³-hybridized carbons (Fsp3) is 0.143. The molecule has 0 aliphatic carbocycles. The average Bonchev–Trinajstić information content (AvgIpc) is 2.74. The molecule has 0 radical (unpaired) electrons. The molecule has 1 aliphatic heterocycles. The summed E-state index contributed by atoms with van der Waals surface area (Å²) in [5, 5.41) is 3.36. The van der Waals surface area contributed by atoms with Gasteiger partial charge in [-0.15, -0.1) is 0 Å². The van der Waals surface area contributed by atoms with E-state index in [4.69, 9.17) is 0 Å². The van der Waals surface area contributed by atoms with Crippen molar-refractivity contribution >= 4 is 21.6 Å². The second kappa shape index (κ2) is 4.15. The molecule has 3 rings (SSSR count). The Hall–Kier alpha value is -1.35. The number of rotatable bonds is 1. The van der Waals surface area contributed by atoms with E-state index in [0.717, 1.165) is 15.7 Å². The monoisotopic (exact) mass is 291 g/mol. The van der Waals surface area contributed by atoms with Crippen molar-refractivity contribution in [3.63, 3.8) is 0 Å². The van der Waals surface area contributed by atoms with E-state index in [2.05, 4.69) is 33.4 Å².